The fourth-order valence-electron chi connectivity index (χ4n) is 9.51. The standard InChI is InChI=1S/C53H35NO2/c1-53(2)43-19-9-7-17-39(43)40-25-24-37(31-44(40)53)54(45-20-11-15-33-13-5-6-16-38(33)45)46-30-36(35-23-22-32-12-3-4-14-34(32)28-35)29-42-51-49(56-52(42)46)27-26-48-50(51)41-18-8-10-21-47(41)55-48/h3-31H,1-2H3. The monoisotopic (exact) mass is 717 g/mol. The number of para-hydroxylation sites is 1. The minimum Gasteiger partial charge on any atom is -0.456 e. The molecule has 2 aromatic heterocycles. The second-order valence-corrected chi connectivity index (χ2v) is 15.7. The van der Waals surface area contributed by atoms with Crippen LogP contribution in [0.2, 0.25) is 0 Å². The molecule has 0 fully saturated rings. The highest BCUT2D eigenvalue weighted by molar-refractivity contribution is 6.27. The van der Waals surface area contributed by atoms with Crippen molar-refractivity contribution in [3.05, 3.63) is 187 Å². The lowest BCUT2D eigenvalue weighted by Crippen LogP contribution is -2.16. The third kappa shape index (κ3) is 4.40. The number of rotatable bonds is 4. The van der Waals surface area contributed by atoms with Crippen LogP contribution in [0.5, 0.6) is 0 Å². The number of fused-ring (bicyclic) bond motifs is 12. The number of furan rings is 2. The number of hydrogen-bond acceptors (Lipinski definition) is 3. The molecule has 0 atom stereocenters. The Kier molecular flexibility index (Phi) is 6.40. The van der Waals surface area contributed by atoms with Gasteiger partial charge in [-0.1, -0.05) is 135 Å². The van der Waals surface area contributed by atoms with Crippen LogP contribution >= 0.6 is 0 Å². The molecule has 0 bridgehead atoms. The fourth-order valence-corrected chi connectivity index (χ4v) is 9.51. The van der Waals surface area contributed by atoms with Crippen molar-refractivity contribution in [2.45, 2.75) is 19.3 Å². The molecule has 0 saturated carbocycles. The average molecular weight is 718 g/mol. The third-order valence-corrected chi connectivity index (χ3v) is 12.2. The summed E-state index contributed by atoms with van der Waals surface area (Å²) in [4.78, 5) is 2.43. The zero-order valence-electron chi connectivity index (χ0n) is 31.0. The fraction of sp³-hybridized carbons (Fsp3) is 0.0566. The Morgan fingerprint density at radius 2 is 1.11 bits per heavy atom. The predicted octanol–water partition coefficient (Wildman–Crippen LogP) is 15.2. The lowest BCUT2D eigenvalue weighted by molar-refractivity contribution is 0.660. The van der Waals surface area contributed by atoms with E-state index in [1.54, 1.807) is 0 Å². The van der Waals surface area contributed by atoms with E-state index in [0.717, 1.165) is 72.1 Å². The smallest absolute Gasteiger partial charge is 0.159 e. The number of nitrogens with zero attached hydrogens (tertiary/aromatic N) is 1. The van der Waals surface area contributed by atoms with Crippen molar-refractivity contribution in [1.82, 2.24) is 0 Å². The molecule has 3 nitrogen and oxygen atoms in total. The van der Waals surface area contributed by atoms with Crippen molar-refractivity contribution in [3.63, 3.8) is 0 Å². The number of hydrogen-bond donors (Lipinski definition) is 0. The van der Waals surface area contributed by atoms with E-state index in [4.69, 9.17) is 8.83 Å². The molecule has 0 aliphatic heterocycles. The molecule has 1 aliphatic carbocycles. The second-order valence-electron chi connectivity index (χ2n) is 15.7. The molecule has 3 heteroatoms. The van der Waals surface area contributed by atoms with Gasteiger partial charge < -0.3 is 13.7 Å². The maximum Gasteiger partial charge on any atom is 0.159 e. The molecular weight excluding hydrogens is 683 g/mol. The zero-order valence-corrected chi connectivity index (χ0v) is 31.0. The summed E-state index contributed by atoms with van der Waals surface area (Å²) in [6.07, 6.45) is 0. The van der Waals surface area contributed by atoms with Gasteiger partial charge >= 0.3 is 0 Å². The topological polar surface area (TPSA) is 29.5 Å². The van der Waals surface area contributed by atoms with Crippen molar-refractivity contribution in [3.8, 4) is 22.3 Å². The maximum absolute atomic E-state index is 7.11. The Morgan fingerprint density at radius 1 is 0.411 bits per heavy atom. The van der Waals surface area contributed by atoms with Gasteiger partial charge in [0, 0.05) is 38.0 Å². The van der Waals surface area contributed by atoms with Crippen LogP contribution in [0.25, 0.3) is 87.7 Å². The van der Waals surface area contributed by atoms with Crippen molar-refractivity contribution in [2.24, 2.45) is 0 Å². The molecule has 2 heterocycles. The molecule has 12 rings (SSSR count). The van der Waals surface area contributed by atoms with Crippen molar-refractivity contribution in [2.75, 3.05) is 4.90 Å². The van der Waals surface area contributed by atoms with Gasteiger partial charge in [0.2, 0.25) is 0 Å². The summed E-state index contributed by atoms with van der Waals surface area (Å²) >= 11 is 0. The van der Waals surface area contributed by atoms with Crippen LogP contribution < -0.4 is 4.90 Å². The van der Waals surface area contributed by atoms with Gasteiger partial charge in [0.1, 0.15) is 16.7 Å². The Bertz CT molecular complexity index is 3410. The van der Waals surface area contributed by atoms with E-state index in [1.807, 2.05) is 18.2 Å². The number of anilines is 3. The first-order valence-corrected chi connectivity index (χ1v) is 19.3. The average Bonchev–Trinajstić information content (AvgIpc) is 3.88. The summed E-state index contributed by atoms with van der Waals surface area (Å²) in [5, 5.41) is 9.05. The first kappa shape index (κ1) is 31.3. The SMILES string of the molecule is CC1(C)c2ccccc2-c2ccc(N(c3cccc4ccccc34)c3cc(-c4ccc5ccccc5c4)cc4c3oc3ccc5oc6ccccc6c5c34)cc21. The number of benzene rings is 9. The van der Waals surface area contributed by atoms with Gasteiger partial charge in [-0.25, -0.2) is 0 Å². The van der Waals surface area contributed by atoms with Crippen LogP contribution in [-0.4, -0.2) is 0 Å². The van der Waals surface area contributed by atoms with E-state index in [0.29, 0.717) is 0 Å². The maximum atomic E-state index is 7.11. The van der Waals surface area contributed by atoms with E-state index < -0.39 is 0 Å². The minimum absolute atomic E-state index is 0.165. The summed E-state index contributed by atoms with van der Waals surface area (Å²) in [7, 11) is 0. The van der Waals surface area contributed by atoms with Gasteiger partial charge in [0.25, 0.3) is 0 Å². The Morgan fingerprint density at radius 3 is 2.00 bits per heavy atom. The zero-order chi connectivity index (χ0) is 37.1. The quantitative estimate of drug-likeness (QED) is 0.182. The molecule has 1 aliphatic rings. The first-order chi connectivity index (χ1) is 27.5. The normalized spacial score (nSPS) is 13.3. The highest BCUT2D eigenvalue weighted by atomic mass is 16.3. The van der Waals surface area contributed by atoms with Gasteiger partial charge in [-0.05, 0) is 104 Å². The van der Waals surface area contributed by atoms with Gasteiger partial charge in [0.15, 0.2) is 5.58 Å². The van der Waals surface area contributed by atoms with Gasteiger partial charge in [-0.2, -0.15) is 0 Å². The van der Waals surface area contributed by atoms with Gasteiger partial charge in [-0.3, -0.25) is 0 Å². The molecule has 0 radical (unpaired) electrons. The van der Waals surface area contributed by atoms with Crippen molar-refractivity contribution in [1.29, 1.82) is 0 Å². The molecule has 0 spiro atoms. The molecule has 56 heavy (non-hydrogen) atoms. The van der Waals surface area contributed by atoms with E-state index in [2.05, 4.69) is 176 Å². The molecule has 0 saturated heterocycles. The van der Waals surface area contributed by atoms with E-state index in [1.165, 1.54) is 43.8 Å². The Balaban J connectivity index is 1.22. The molecule has 0 N–H and O–H groups in total. The highest BCUT2D eigenvalue weighted by Crippen LogP contribution is 2.53. The first-order valence-electron chi connectivity index (χ1n) is 19.3. The minimum atomic E-state index is -0.165. The van der Waals surface area contributed by atoms with Crippen LogP contribution in [0.4, 0.5) is 17.1 Å². The Hall–Kier alpha value is -7.10. The molecule has 9 aromatic carbocycles. The summed E-state index contributed by atoms with van der Waals surface area (Å²) in [5.41, 5.74) is 13.9. The van der Waals surface area contributed by atoms with Crippen LogP contribution in [0.3, 0.4) is 0 Å². The van der Waals surface area contributed by atoms with E-state index in [-0.39, 0.29) is 5.41 Å². The predicted molar refractivity (Wildman–Crippen MR) is 234 cm³/mol. The Labute approximate surface area is 323 Å². The van der Waals surface area contributed by atoms with Gasteiger partial charge in [-0.15, -0.1) is 0 Å². The molecule has 0 unspecified atom stereocenters. The van der Waals surface area contributed by atoms with Crippen LogP contribution in [0.15, 0.2) is 185 Å². The van der Waals surface area contributed by atoms with E-state index >= 15 is 0 Å². The van der Waals surface area contributed by atoms with Crippen molar-refractivity contribution < 1.29 is 8.83 Å². The second kappa shape index (κ2) is 11.5. The van der Waals surface area contributed by atoms with E-state index in [9.17, 15) is 0 Å². The van der Waals surface area contributed by atoms with Crippen LogP contribution in [0, 0.1) is 0 Å². The summed E-state index contributed by atoms with van der Waals surface area (Å²) in [5.74, 6) is 0. The summed E-state index contributed by atoms with van der Waals surface area (Å²) in [6.45, 7) is 4.70. The van der Waals surface area contributed by atoms with Crippen molar-refractivity contribution >= 4 is 82.5 Å². The lowest BCUT2D eigenvalue weighted by Gasteiger charge is -2.29. The molecule has 0 amide bonds. The lowest BCUT2D eigenvalue weighted by atomic mass is 9.82. The summed E-state index contributed by atoms with van der Waals surface area (Å²) < 4.78 is 13.6. The largest absolute Gasteiger partial charge is 0.456 e. The highest BCUT2D eigenvalue weighted by Gasteiger charge is 2.36. The molecule has 11 aromatic rings. The van der Waals surface area contributed by atoms with Crippen LogP contribution in [0.1, 0.15) is 25.0 Å². The summed E-state index contributed by atoms with van der Waals surface area (Å²) in [6, 6.07) is 63.6. The van der Waals surface area contributed by atoms with Crippen LogP contribution in [-0.2, 0) is 5.41 Å². The third-order valence-electron chi connectivity index (χ3n) is 12.2. The molecule has 264 valence electrons. The molecular formula is C53H35NO2. The van der Waals surface area contributed by atoms with Gasteiger partial charge in [0.05, 0.1) is 11.4 Å².